The second kappa shape index (κ2) is 7.39. The number of aromatic nitrogens is 1. The van der Waals surface area contributed by atoms with E-state index in [1.54, 1.807) is 4.90 Å². The van der Waals surface area contributed by atoms with Gasteiger partial charge in [-0.05, 0) is 55.1 Å². The normalized spacial score (nSPS) is 29.1. The van der Waals surface area contributed by atoms with E-state index in [-0.39, 0.29) is 12.6 Å². The van der Waals surface area contributed by atoms with Crippen LogP contribution in [0.5, 0.6) is 5.75 Å². The Hall–Kier alpha value is -2.84. The summed E-state index contributed by atoms with van der Waals surface area (Å²) < 4.78 is 11.2. The number of anilines is 2. The van der Waals surface area contributed by atoms with E-state index in [0.29, 0.717) is 24.1 Å². The Labute approximate surface area is 180 Å². The second-order valence-electron chi connectivity index (χ2n) is 8.81. The lowest BCUT2D eigenvalue weighted by Gasteiger charge is -2.31. The molecule has 0 spiro atoms. The zero-order chi connectivity index (χ0) is 20.9. The van der Waals surface area contributed by atoms with Crippen molar-refractivity contribution in [3.8, 4) is 16.9 Å². The van der Waals surface area contributed by atoms with Gasteiger partial charge in [0.15, 0.2) is 6.10 Å². The zero-order valence-corrected chi connectivity index (χ0v) is 17.2. The molecule has 4 atom stereocenters. The summed E-state index contributed by atoms with van der Waals surface area (Å²) in [5.41, 5.74) is 2.67. The van der Waals surface area contributed by atoms with E-state index in [9.17, 15) is 9.90 Å². The van der Waals surface area contributed by atoms with Gasteiger partial charge in [0.05, 0.1) is 12.3 Å². The van der Waals surface area contributed by atoms with Gasteiger partial charge in [0.1, 0.15) is 24.2 Å². The number of cyclic esters (lactones) is 1. The van der Waals surface area contributed by atoms with Crippen LogP contribution >= 0.6 is 0 Å². The molecule has 0 saturated carbocycles. The van der Waals surface area contributed by atoms with E-state index in [1.807, 2.05) is 24.4 Å². The number of carbonyl (C=O) groups excluding carboxylic acids is 1. The maximum atomic E-state index is 12.3. The number of hydrogen-bond acceptors (Lipinski definition) is 7. The number of pyridine rings is 1. The highest BCUT2D eigenvalue weighted by molar-refractivity contribution is 5.94. The van der Waals surface area contributed by atoms with Crippen molar-refractivity contribution in [1.82, 2.24) is 10.3 Å². The summed E-state index contributed by atoms with van der Waals surface area (Å²) in [6.45, 7) is 3.30. The van der Waals surface area contributed by atoms with E-state index >= 15 is 0 Å². The minimum atomic E-state index is -0.554. The molecule has 1 aromatic heterocycles. The third-order valence-electron chi connectivity index (χ3n) is 7.02. The highest BCUT2D eigenvalue weighted by Crippen LogP contribution is 2.41. The molecule has 3 fully saturated rings. The van der Waals surface area contributed by atoms with Crippen molar-refractivity contribution in [3.63, 3.8) is 0 Å². The van der Waals surface area contributed by atoms with Gasteiger partial charge in [-0.3, -0.25) is 4.90 Å². The molecule has 6 rings (SSSR count). The van der Waals surface area contributed by atoms with Crippen molar-refractivity contribution in [2.75, 3.05) is 42.6 Å². The number of nitrogens with zero attached hydrogens (tertiary/aromatic N) is 3. The van der Waals surface area contributed by atoms with Crippen LogP contribution in [-0.4, -0.2) is 67.2 Å². The lowest BCUT2D eigenvalue weighted by Crippen LogP contribution is -2.45. The topological polar surface area (TPSA) is 87.2 Å². The molecule has 4 aliphatic rings. The molecule has 3 saturated heterocycles. The largest absolute Gasteiger partial charge is 0.489 e. The number of fused-ring (bicyclic) bond motifs is 4. The number of piperidine rings is 1. The fraction of sp³-hybridized carbons (Fsp3) is 0.478. The highest BCUT2D eigenvalue weighted by Gasteiger charge is 2.46. The monoisotopic (exact) mass is 422 g/mol. The Bertz CT molecular complexity index is 984. The highest BCUT2D eigenvalue weighted by atomic mass is 16.6. The maximum Gasteiger partial charge on any atom is 0.415 e. The number of amides is 1. The van der Waals surface area contributed by atoms with Gasteiger partial charge >= 0.3 is 6.09 Å². The van der Waals surface area contributed by atoms with Crippen LogP contribution in [0.1, 0.15) is 12.8 Å². The van der Waals surface area contributed by atoms with E-state index in [1.165, 1.54) is 12.8 Å². The van der Waals surface area contributed by atoms with Crippen LogP contribution in [0.4, 0.5) is 16.3 Å². The number of aliphatic hydroxyl groups is 1. The van der Waals surface area contributed by atoms with Gasteiger partial charge < -0.3 is 24.8 Å². The van der Waals surface area contributed by atoms with Crippen LogP contribution in [0.3, 0.4) is 0 Å². The summed E-state index contributed by atoms with van der Waals surface area (Å²) in [5.74, 6) is 2.38. The van der Waals surface area contributed by atoms with Crippen molar-refractivity contribution in [2.45, 2.75) is 31.0 Å². The molecule has 0 aliphatic carbocycles. The summed E-state index contributed by atoms with van der Waals surface area (Å²) in [5, 5.41) is 13.1. The van der Waals surface area contributed by atoms with E-state index in [4.69, 9.17) is 14.5 Å². The fourth-order valence-electron chi connectivity index (χ4n) is 5.35. The first-order valence-electron chi connectivity index (χ1n) is 11.0. The molecule has 1 amide bonds. The van der Waals surface area contributed by atoms with Crippen molar-refractivity contribution in [3.05, 3.63) is 36.5 Å². The van der Waals surface area contributed by atoms with E-state index in [2.05, 4.69) is 22.3 Å². The van der Waals surface area contributed by atoms with Crippen LogP contribution in [0, 0.1) is 5.92 Å². The van der Waals surface area contributed by atoms with Crippen molar-refractivity contribution < 1.29 is 19.4 Å². The third-order valence-corrected chi connectivity index (χ3v) is 7.02. The number of ether oxygens (including phenoxy) is 2. The summed E-state index contributed by atoms with van der Waals surface area (Å²) in [6, 6.07) is 10.3. The Kier molecular flexibility index (Phi) is 4.50. The van der Waals surface area contributed by atoms with Gasteiger partial charge in [-0.25, -0.2) is 9.78 Å². The van der Waals surface area contributed by atoms with Gasteiger partial charge in [-0.2, -0.15) is 0 Å². The van der Waals surface area contributed by atoms with Crippen LogP contribution in [0.15, 0.2) is 36.5 Å². The van der Waals surface area contributed by atoms with E-state index in [0.717, 1.165) is 42.5 Å². The molecular formula is C23H26N4O4. The van der Waals surface area contributed by atoms with Gasteiger partial charge in [0.25, 0.3) is 0 Å². The fourth-order valence-corrected chi connectivity index (χ4v) is 5.35. The SMILES string of the molecule is O=C1OC(CO)C2COc3cc(-c4ccc(N5CC6CCCNC6C5)nc4)ccc3N12. The lowest BCUT2D eigenvalue weighted by atomic mass is 9.94. The third kappa shape index (κ3) is 3.13. The minimum Gasteiger partial charge on any atom is -0.489 e. The van der Waals surface area contributed by atoms with Gasteiger partial charge in [0, 0.05) is 30.9 Å². The molecule has 2 aromatic rings. The average molecular weight is 422 g/mol. The minimum absolute atomic E-state index is 0.212. The Morgan fingerprint density at radius 3 is 2.90 bits per heavy atom. The zero-order valence-electron chi connectivity index (χ0n) is 17.2. The molecule has 0 bridgehead atoms. The van der Waals surface area contributed by atoms with Gasteiger partial charge in [-0.15, -0.1) is 0 Å². The van der Waals surface area contributed by atoms with E-state index < -0.39 is 12.2 Å². The van der Waals surface area contributed by atoms with Crippen LogP contribution in [0.2, 0.25) is 0 Å². The Morgan fingerprint density at radius 1 is 1.19 bits per heavy atom. The maximum absolute atomic E-state index is 12.3. The van der Waals surface area contributed by atoms with Crippen molar-refractivity contribution >= 4 is 17.6 Å². The molecule has 8 nitrogen and oxygen atoms in total. The molecule has 2 N–H and O–H groups in total. The average Bonchev–Trinajstić information content (AvgIpc) is 3.40. The number of benzene rings is 1. The summed E-state index contributed by atoms with van der Waals surface area (Å²) in [4.78, 5) is 21.0. The quantitative estimate of drug-likeness (QED) is 0.783. The Morgan fingerprint density at radius 2 is 2.10 bits per heavy atom. The van der Waals surface area contributed by atoms with Crippen molar-refractivity contribution in [1.29, 1.82) is 0 Å². The Balaban J connectivity index is 1.22. The molecule has 4 unspecified atom stereocenters. The van der Waals surface area contributed by atoms with Gasteiger partial charge in [-0.1, -0.05) is 6.07 Å². The molecule has 162 valence electrons. The standard InChI is InChI=1S/C23H26N4O4/c28-12-21-19-13-30-20-8-14(3-5-18(20)27(19)23(29)31-21)15-4-6-22(25-9-15)26-10-16-2-1-7-24-17(16)11-26/h3-6,8-9,16-17,19,21,24,28H,1-2,7,10-13H2. The number of carbonyl (C=O) groups is 1. The van der Waals surface area contributed by atoms with Crippen LogP contribution in [0.25, 0.3) is 11.1 Å². The first kappa shape index (κ1) is 18.9. The predicted octanol–water partition coefficient (Wildman–Crippen LogP) is 2.02. The lowest BCUT2D eigenvalue weighted by molar-refractivity contribution is 0.0734. The number of hydrogen-bond donors (Lipinski definition) is 2. The molecule has 8 heteroatoms. The molecule has 5 heterocycles. The summed E-state index contributed by atoms with van der Waals surface area (Å²) in [7, 11) is 0. The first-order valence-corrected chi connectivity index (χ1v) is 11.0. The number of nitrogens with one attached hydrogen (secondary N) is 1. The summed E-state index contributed by atoms with van der Waals surface area (Å²) in [6.07, 6.45) is 3.48. The molecule has 0 radical (unpaired) electrons. The molecule has 31 heavy (non-hydrogen) atoms. The predicted molar refractivity (Wildman–Crippen MR) is 116 cm³/mol. The van der Waals surface area contributed by atoms with Crippen LogP contribution < -0.4 is 19.9 Å². The second-order valence-corrected chi connectivity index (χ2v) is 8.81. The number of rotatable bonds is 3. The van der Waals surface area contributed by atoms with Gasteiger partial charge in [0.2, 0.25) is 0 Å². The smallest absolute Gasteiger partial charge is 0.415 e. The molecule has 1 aromatic carbocycles. The molecular weight excluding hydrogens is 396 g/mol. The first-order chi connectivity index (χ1) is 15.2. The number of aliphatic hydroxyl groups excluding tert-OH is 1. The van der Waals surface area contributed by atoms with Crippen molar-refractivity contribution in [2.24, 2.45) is 5.92 Å². The van der Waals surface area contributed by atoms with Crippen LogP contribution in [-0.2, 0) is 4.74 Å². The molecule has 4 aliphatic heterocycles. The summed E-state index contributed by atoms with van der Waals surface area (Å²) >= 11 is 0.